The molecule has 0 aromatic rings. The van der Waals surface area contributed by atoms with E-state index < -0.39 is 5.97 Å². The van der Waals surface area contributed by atoms with E-state index in [-0.39, 0.29) is 0 Å². The average molecular weight is 264 g/mol. The maximum atomic E-state index is 11.5. The number of quaternary nitrogens is 1. The molecule has 1 spiro atoms. The molecule has 0 saturated carbocycles. The Balaban J connectivity index is 2.05. The molecule has 1 fully saturated rings. The van der Waals surface area contributed by atoms with Crippen molar-refractivity contribution >= 4 is 11.8 Å². The molecule has 1 saturated heterocycles. The van der Waals surface area contributed by atoms with E-state index in [1.165, 1.54) is 0 Å². The Hall–Kier alpha value is -1.66. The van der Waals surface area contributed by atoms with Crippen LogP contribution in [-0.2, 0) is 9.53 Å². The highest BCUT2D eigenvalue weighted by Crippen LogP contribution is 2.31. The minimum atomic E-state index is -0.904. The van der Waals surface area contributed by atoms with Crippen LogP contribution in [0.1, 0.15) is 13.8 Å². The van der Waals surface area contributed by atoms with Crippen molar-refractivity contribution in [2.24, 2.45) is 5.10 Å². The molecule has 3 aliphatic rings. The third-order valence-corrected chi connectivity index (χ3v) is 3.95. The highest BCUT2D eigenvalue weighted by Gasteiger charge is 2.45. The van der Waals surface area contributed by atoms with Crippen LogP contribution in [0.3, 0.4) is 0 Å². The Bertz CT molecular complexity index is 527. The summed E-state index contributed by atoms with van der Waals surface area (Å²) in [6, 6.07) is 0. The largest absolute Gasteiger partial charge is 0.478 e. The van der Waals surface area contributed by atoms with Crippen LogP contribution in [0, 0.1) is 0 Å². The average Bonchev–Trinajstić information content (AvgIpc) is 2.69. The molecule has 0 aromatic heterocycles. The van der Waals surface area contributed by atoms with E-state index in [0.717, 1.165) is 24.4 Å². The van der Waals surface area contributed by atoms with E-state index in [9.17, 15) is 9.90 Å². The number of morpholine rings is 1. The SMILES string of the molecule is CC1=CC(C)=C(C(=O)O)C2=N[N+]3(CCOCC3)CN12. The molecule has 1 N–H and O–H groups in total. The first-order valence-corrected chi connectivity index (χ1v) is 6.47. The van der Waals surface area contributed by atoms with Crippen molar-refractivity contribution in [3.8, 4) is 0 Å². The number of carbonyl (C=O) groups is 1. The third kappa shape index (κ3) is 1.87. The number of allylic oxidation sites excluding steroid dienone is 3. The number of carboxylic acids is 1. The van der Waals surface area contributed by atoms with Crippen molar-refractivity contribution in [2.45, 2.75) is 13.8 Å². The van der Waals surface area contributed by atoms with Gasteiger partial charge in [-0.05, 0) is 25.5 Å². The molecule has 3 aliphatic heterocycles. The van der Waals surface area contributed by atoms with Gasteiger partial charge < -0.3 is 9.84 Å². The van der Waals surface area contributed by atoms with Crippen LogP contribution in [-0.4, -0.2) is 59.4 Å². The molecule has 0 unspecified atom stereocenters. The quantitative estimate of drug-likeness (QED) is 0.710. The van der Waals surface area contributed by atoms with Crippen LogP contribution in [0.25, 0.3) is 0 Å². The highest BCUT2D eigenvalue weighted by molar-refractivity contribution is 6.20. The van der Waals surface area contributed by atoms with Gasteiger partial charge in [0.2, 0.25) is 5.84 Å². The van der Waals surface area contributed by atoms with Crippen LogP contribution < -0.4 is 0 Å². The van der Waals surface area contributed by atoms with Crippen LogP contribution in [0.2, 0.25) is 0 Å². The number of carboxylic acid groups (broad SMARTS) is 1. The number of fused-ring (bicyclic) bond motifs is 1. The lowest BCUT2D eigenvalue weighted by atomic mass is 10.0. The topological polar surface area (TPSA) is 62.1 Å². The second-order valence-corrected chi connectivity index (χ2v) is 5.30. The van der Waals surface area contributed by atoms with E-state index in [1.54, 1.807) is 0 Å². The van der Waals surface area contributed by atoms with Crippen molar-refractivity contribution < 1.29 is 19.2 Å². The van der Waals surface area contributed by atoms with Gasteiger partial charge in [-0.25, -0.2) is 4.79 Å². The summed E-state index contributed by atoms with van der Waals surface area (Å²) < 4.78 is 5.95. The van der Waals surface area contributed by atoms with Gasteiger partial charge in [0.05, 0.1) is 13.2 Å². The fourth-order valence-electron chi connectivity index (χ4n) is 2.91. The Labute approximate surface area is 111 Å². The van der Waals surface area contributed by atoms with E-state index in [1.807, 2.05) is 24.8 Å². The normalized spacial score (nSPS) is 25.3. The predicted molar refractivity (Wildman–Crippen MR) is 69.0 cm³/mol. The second-order valence-electron chi connectivity index (χ2n) is 5.30. The summed E-state index contributed by atoms with van der Waals surface area (Å²) in [4.78, 5) is 13.5. The van der Waals surface area contributed by atoms with Gasteiger partial charge in [0.25, 0.3) is 0 Å². The lowest BCUT2D eigenvalue weighted by Gasteiger charge is -2.33. The zero-order valence-electron chi connectivity index (χ0n) is 11.2. The zero-order chi connectivity index (χ0) is 13.6. The number of amidine groups is 1. The number of ether oxygens (including phenoxy) is 1. The summed E-state index contributed by atoms with van der Waals surface area (Å²) in [6.07, 6.45) is 1.92. The summed E-state index contributed by atoms with van der Waals surface area (Å²) in [5.41, 5.74) is 2.16. The molecule has 102 valence electrons. The van der Waals surface area contributed by atoms with Crippen molar-refractivity contribution in [1.82, 2.24) is 4.90 Å². The molecule has 0 aromatic carbocycles. The summed E-state index contributed by atoms with van der Waals surface area (Å²) in [6.45, 7) is 7.51. The highest BCUT2D eigenvalue weighted by atomic mass is 16.5. The second kappa shape index (κ2) is 4.18. The Morgan fingerprint density at radius 1 is 1.42 bits per heavy atom. The van der Waals surface area contributed by atoms with Gasteiger partial charge in [-0.1, -0.05) is 5.10 Å². The zero-order valence-corrected chi connectivity index (χ0v) is 11.2. The first-order valence-electron chi connectivity index (χ1n) is 6.47. The van der Waals surface area contributed by atoms with Gasteiger partial charge in [-0.15, -0.1) is 0 Å². The number of aliphatic carboxylic acids is 1. The molecule has 6 nitrogen and oxygen atoms in total. The number of rotatable bonds is 1. The molecule has 0 radical (unpaired) electrons. The first kappa shape index (κ1) is 12.4. The van der Waals surface area contributed by atoms with Gasteiger partial charge >= 0.3 is 5.97 Å². The molecular formula is C13H18N3O3+. The van der Waals surface area contributed by atoms with Crippen LogP contribution >= 0.6 is 0 Å². The first-order chi connectivity index (χ1) is 9.02. The van der Waals surface area contributed by atoms with E-state index in [0.29, 0.717) is 35.9 Å². The maximum Gasteiger partial charge on any atom is 0.339 e. The Kier molecular flexibility index (Phi) is 2.72. The monoisotopic (exact) mass is 264 g/mol. The van der Waals surface area contributed by atoms with Crippen LogP contribution in [0.4, 0.5) is 0 Å². The van der Waals surface area contributed by atoms with E-state index in [2.05, 4.69) is 0 Å². The van der Waals surface area contributed by atoms with Gasteiger partial charge in [0.1, 0.15) is 18.7 Å². The number of hydrogen-bond donors (Lipinski definition) is 1. The summed E-state index contributed by atoms with van der Waals surface area (Å²) >= 11 is 0. The lowest BCUT2D eigenvalue weighted by molar-refractivity contribution is -0.941. The third-order valence-electron chi connectivity index (χ3n) is 3.95. The summed E-state index contributed by atoms with van der Waals surface area (Å²) in [7, 11) is 0. The van der Waals surface area contributed by atoms with E-state index in [4.69, 9.17) is 9.84 Å². The van der Waals surface area contributed by atoms with Crippen molar-refractivity contribution in [1.29, 1.82) is 0 Å². The van der Waals surface area contributed by atoms with Gasteiger partial charge in [-0.3, -0.25) is 4.90 Å². The molecule has 19 heavy (non-hydrogen) atoms. The minimum Gasteiger partial charge on any atom is -0.478 e. The molecule has 0 atom stereocenters. The standard InChI is InChI=1S/C13H17N3O3/c1-9-7-10(2)15-8-16(3-5-19-6-4-16)14-12(15)11(9)13(17)18/h7H,3-6,8H2,1-2H3/p+1. The summed E-state index contributed by atoms with van der Waals surface area (Å²) in [5, 5.41) is 14.1. The molecular weight excluding hydrogens is 246 g/mol. The molecule has 6 heteroatoms. The van der Waals surface area contributed by atoms with Crippen molar-refractivity contribution in [3.05, 3.63) is 22.9 Å². The molecule has 3 rings (SSSR count). The maximum absolute atomic E-state index is 11.5. The van der Waals surface area contributed by atoms with Gasteiger partial charge in [0, 0.05) is 5.70 Å². The van der Waals surface area contributed by atoms with Crippen molar-refractivity contribution in [3.63, 3.8) is 0 Å². The predicted octanol–water partition coefficient (Wildman–Crippen LogP) is 0.739. The number of hydrogen-bond acceptors (Lipinski definition) is 4. The summed E-state index contributed by atoms with van der Waals surface area (Å²) in [5.74, 6) is -0.301. The molecule has 0 amide bonds. The fraction of sp³-hybridized carbons (Fsp3) is 0.538. The van der Waals surface area contributed by atoms with Gasteiger partial charge in [0.15, 0.2) is 6.67 Å². The van der Waals surface area contributed by atoms with Crippen LogP contribution in [0.15, 0.2) is 28.0 Å². The van der Waals surface area contributed by atoms with Crippen molar-refractivity contribution in [2.75, 3.05) is 33.0 Å². The van der Waals surface area contributed by atoms with Crippen LogP contribution in [0.5, 0.6) is 0 Å². The molecule has 0 aliphatic carbocycles. The fourth-order valence-corrected chi connectivity index (χ4v) is 2.91. The Morgan fingerprint density at radius 3 is 2.74 bits per heavy atom. The molecule has 0 bridgehead atoms. The van der Waals surface area contributed by atoms with E-state index >= 15 is 0 Å². The number of nitrogens with zero attached hydrogens (tertiary/aromatic N) is 3. The smallest absolute Gasteiger partial charge is 0.339 e. The lowest BCUT2D eigenvalue weighted by Crippen LogP contribution is -2.51. The minimum absolute atomic E-state index is 0.326. The molecule has 3 heterocycles. The van der Waals surface area contributed by atoms with Gasteiger partial charge in [-0.2, -0.15) is 4.59 Å². The Morgan fingerprint density at radius 2 is 2.11 bits per heavy atom.